The molecule has 0 radical (unpaired) electrons. The Balaban J connectivity index is 3.40. The molecule has 0 unspecified atom stereocenters. The monoisotopic (exact) mass is 223 g/mol. The van der Waals surface area contributed by atoms with Crippen molar-refractivity contribution < 1.29 is 13.5 Å². The number of nitriles is 2. The van der Waals surface area contributed by atoms with Gasteiger partial charge in [0.2, 0.25) is 5.88 Å². The molecule has 0 spiro atoms. The Kier molecular flexibility index (Phi) is 3.73. The molecule has 4 nitrogen and oxygen atoms in total. The first-order chi connectivity index (χ1) is 7.63. The van der Waals surface area contributed by atoms with Crippen LogP contribution in [0.25, 0.3) is 0 Å². The molecule has 0 N–H and O–H groups in total. The number of ether oxygens (including phenoxy) is 1. The molecular formula is C10H7F2N3O. The zero-order valence-corrected chi connectivity index (χ0v) is 8.37. The fourth-order valence-electron chi connectivity index (χ4n) is 1.20. The van der Waals surface area contributed by atoms with Crippen LogP contribution in [0.3, 0.4) is 0 Å². The Morgan fingerprint density at radius 1 is 1.50 bits per heavy atom. The van der Waals surface area contributed by atoms with Crippen molar-refractivity contribution in [2.24, 2.45) is 0 Å². The van der Waals surface area contributed by atoms with Gasteiger partial charge in [-0.25, -0.2) is 13.8 Å². The Hall–Kier alpha value is -2.21. The number of hydrogen-bond acceptors (Lipinski definition) is 4. The molecule has 0 aliphatic heterocycles. The predicted octanol–water partition coefficient (Wildman–Crippen LogP) is 1.97. The standard InChI is InChI=1S/C10H7F2N3O/c1-16-10-7(5-14)6(2-3-13)4-8(15-10)9(11)12/h4,9H,2H2,1H3. The van der Waals surface area contributed by atoms with Gasteiger partial charge in [-0.15, -0.1) is 0 Å². The molecule has 1 aromatic heterocycles. The molecule has 0 saturated heterocycles. The molecule has 0 saturated carbocycles. The summed E-state index contributed by atoms with van der Waals surface area (Å²) in [6.45, 7) is 0. The number of aromatic nitrogens is 1. The van der Waals surface area contributed by atoms with Crippen molar-refractivity contribution in [2.75, 3.05) is 7.11 Å². The maximum atomic E-state index is 12.5. The number of rotatable bonds is 3. The molecule has 16 heavy (non-hydrogen) atoms. The predicted molar refractivity (Wildman–Crippen MR) is 49.8 cm³/mol. The van der Waals surface area contributed by atoms with Crippen LogP contribution in [0.1, 0.15) is 23.2 Å². The van der Waals surface area contributed by atoms with E-state index in [0.29, 0.717) is 0 Å². The van der Waals surface area contributed by atoms with Crippen molar-refractivity contribution in [3.63, 3.8) is 0 Å². The second-order valence-corrected chi connectivity index (χ2v) is 2.84. The summed E-state index contributed by atoms with van der Waals surface area (Å²) in [5.41, 5.74) is -0.276. The summed E-state index contributed by atoms with van der Waals surface area (Å²) in [5.74, 6) is -0.175. The molecule has 0 aromatic carbocycles. The highest BCUT2D eigenvalue weighted by Gasteiger charge is 2.17. The minimum Gasteiger partial charge on any atom is -0.480 e. The van der Waals surface area contributed by atoms with E-state index in [-0.39, 0.29) is 23.4 Å². The van der Waals surface area contributed by atoms with Gasteiger partial charge in [0.05, 0.1) is 19.6 Å². The molecule has 0 aliphatic rings. The number of alkyl halides is 2. The molecule has 0 fully saturated rings. The van der Waals surface area contributed by atoms with E-state index in [1.54, 1.807) is 12.1 Å². The summed E-state index contributed by atoms with van der Waals surface area (Å²) in [6.07, 6.45) is -2.90. The fourth-order valence-corrected chi connectivity index (χ4v) is 1.20. The van der Waals surface area contributed by atoms with E-state index in [2.05, 4.69) is 4.98 Å². The van der Waals surface area contributed by atoms with Gasteiger partial charge in [-0.1, -0.05) is 0 Å². The number of methoxy groups -OCH3 is 1. The van der Waals surface area contributed by atoms with Gasteiger partial charge in [0, 0.05) is 0 Å². The summed E-state index contributed by atoms with van der Waals surface area (Å²) in [5, 5.41) is 17.3. The van der Waals surface area contributed by atoms with Crippen molar-refractivity contribution in [3.8, 4) is 18.0 Å². The fraction of sp³-hybridized carbons (Fsp3) is 0.300. The summed E-state index contributed by atoms with van der Waals surface area (Å²) >= 11 is 0. The lowest BCUT2D eigenvalue weighted by Crippen LogP contribution is -2.02. The van der Waals surface area contributed by atoms with Crippen LogP contribution in [-0.4, -0.2) is 12.1 Å². The number of pyridine rings is 1. The SMILES string of the molecule is COc1nc(C(F)F)cc(CC#N)c1C#N. The van der Waals surface area contributed by atoms with Gasteiger partial charge in [0.1, 0.15) is 17.3 Å². The van der Waals surface area contributed by atoms with Crippen LogP contribution in [0.4, 0.5) is 8.78 Å². The van der Waals surface area contributed by atoms with Crippen molar-refractivity contribution in [1.29, 1.82) is 10.5 Å². The second kappa shape index (κ2) is 5.04. The van der Waals surface area contributed by atoms with E-state index in [0.717, 1.165) is 6.07 Å². The minimum atomic E-state index is -2.76. The molecule has 0 bridgehead atoms. The molecule has 1 rings (SSSR count). The second-order valence-electron chi connectivity index (χ2n) is 2.84. The van der Waals surface area contributed by atoms with Gasteiger partial charge >= 0.3 is 0 Å². The van der Waals surface area contributed by atoms with Gasteiger partial charge in [-0.2, -0.15) is 10.5 Å². The van der Waals surface area contributed by atoms with Gasteiger partial charge < -0.3 is 4.74 Å². The average Bonchev–Trinajstić information content (AvgIpc) is 2.28. The van der Waals surface area contributed by atoms with Crippen molar-refractivity contribution in [1.82, 2.24) is 4.98 Å². The molecule has 82 valence electrons. The lowest BCUT2D eigenvalue weighted by Gasteiger charge is -2.08. The van der Waals surface area contributed by atoms with Gasteiger partial charge in [0.25, 0.3) is 6.43 Å². The third-order valence-corrected chi connectivity index (χ3v) is 1.89. The molecule has 1 heterocycles. The molecule has 6 heteroatoms. The van der Waals surface area contributed by atoms with Crippen LogP contribution in [0.15, 0.2) is 6.07 Å². The zero-order chi connectivity index (χ0) is 12.1. The summed E-state index contributed by atoms with van der Waals surface area (Å²) in [6, 6.07) is 4.63. The van der Waals surface area contributed by atoms with Crippen LogP contribution < -0.4 is 4.74 Å². The Morgan fingerprint density at radius 2 is 2.19 bits per heavy atom. The van der Waals surface area contributed by atoms with Gasteiger partial charge in [-0.05, 0) is 11.6 Å². The third-order valence-electron chi connectivity index (χ3n) is 1.89. The highest BCUT2D eigenvalue weighted by Crippen LogP contribution is 2.26. The Morgan fingerprint density at radius 3 is 2.62 bits per heavy atom. The van der Waals surface area contributed by atoms with Crippen LogP contribution >= 0.6 is 0 Å². The van der Waals surface area contributed by atoms with E-state index in [9.17, 15) is 8.78 Å². The van der Waals surface area contributed by atoms with Crippen LogP contribution in [0, 0.1) is 22.7 Å². The summed E-state index contributed by atoms with van der Waals surface area (Å²) in [7, 11) is 1.23. The van der Waals surface area contributed by atoms with E-state index < -0.39 is 12.1 Å². The smallest absolute Gasteiger partial charge is 0.280 e. The molecule has 0 aliphatic carbocycles. The van der Waals surface area contributed by atoms with Crippen LogP contribution in [0.2, 0.25) is 0 Å². The highest BCUT2D eigenvalue weighted by atomic mass is 19.3. The Bertz CT molecular complexity index is 474. The molecule has 1 aromatic rings. The first kappa shape index (κ1) is 11.9. The third kappa shape index (κ3) is 2.23. The molecule has 0 amide bonds. The summed E-state index contributed by atoms with van der Waals surface area (Å²) in [4.78, 5) is 3.50. The topological polar surface area (TPSA) is 69.7 Å². The quantitative estimate of drug-likeness (QED) is 0.785. The van der Waals surface area contributed by atoms with Crippen molar-refractivity contribution >= 4 is 0 Å². The van der Waals surface area contributed by atoms with E-state index in [4.69, 9.17) is 15.3 Å². The van der Waals surface area contributed by atoms with Crippen LogP contribution in [0.5, 0.6) is 5.88 Å². The lowest BCUT2D eigenvalue weighted by molar-refractivity contribution is 0.145. The minimum absolute atomic E-state index is 0.0217. The number of nitrogens with zero attached hydrogens (tertiary/aromatic N) is 3. The van der Waals surface area contributed by atoms with E-state index in [1.807, 2.05) is 0 Å². The van der Waals surface area contributed by atoms with Gasteiger partial charge in [0.15, 0.2) is 0 Å². The summed E-state index contributed by atoms with van der Waals surface area (Å²) < 4.78 is 29.6. The maximum absolute atomic E-state index is 12.5. The zero-order valence-electron chi connectivity index (χ0n) is 8.37. The van der Waals surface area contributed by atoms with E-state index in [1.165, 1.54) is 7.11 Å². The number of halogens is 2. The van der Waals surface area contributed by atoms with E-state index >= 15 is 0 Å². The molecular weight excluding hydrogens is 216 g/mol. The first-order valence-electron chi connectivity index (χ1n) is 4.27. The van der Waals surface area contributed by atoms with Crippen LogP contribution in [-0.2, 0) is 6.42 Å². The average molecular weight is 223 g/mol. The highest BCUT2D eigenvalue weighted by molar-refractivity contribution is 5.47. The molecule has 0 atom stereocenters. The van der Waals surface area contributed by atoms with Crippen molar-refractivity contribution in [3.05, 3.63) is 22.9 Å². The number of hydrogen-bond donors (Lipinski definition) is 0. The largest absolute Gasteiger partial charge is 0.480 e. The maximum Gasteiger partial charge on any atom is 0.280 e. The van der Waals surface area contributed by atoms with Crippen molar-refractivity contribution in [2.45, 2.75) is 12.8 Å². The normalized spacial score (nSPS) is 9.62. The Labute approximate surface area is 90.7 Å². The lowest BCUT2D eigenvalue weighted by atomic mass is 10.1. The first-order valence-corrected chi connectivity index (χ1v) is 4.27. The van der Waals surface area contributed by atoms with Gasteiger partial charge in [-0.3, -0.25) is 0 Å².